The number of rotatable bonds is 5. The number of carbonyl (C=O) groups excluding carboxylic acids is 1. The predicted octanol–water partition coefficient (Wildman–Crippen LogP) is 5.50. The van der Waals surface area contributed by atoms with Gasteiger partial charge in [0, 0.05) is 34.8 Å². The number of pyridine rings is 3. The number of fused-ring (bicyclic) bond motifs is 2. The molecule has 6 aromatic rings. The number of anilines is 1. The number of benzene rings is 1. The van der Waals surface area contributed by atoms with Gasteiger partial charge in [0.2, 0.25) is 5.91 Å². The Labute approximate surface area is 215 Å². The fraction of sp³-hybridized carbons (Fsp3) is 0.143. The molecule has 1 saturated carbocycles. The Morgan fingerprint density at radius 2 is 1.82 bits per heavy atom. The van der Waals surface area contributed by atoms with Crippen LogP contribution in [0.2, 0.25) is 0 Å². The first-order valence-corrected chi connectivity index (χ1v) is 12.3. The minimum atomic E-state index is -0.308. The number of nitrogens with zero attached hydrogens (tertiary/aromatic N) is 5. The zero-order valence-electron chi connectivity index (χ0n) is 20.1. The van der Waals surface area contributed by atoms with Crippen molar-refractivity contribution in [2.24, 2.45) is 5.92 Å². The Bertz CT molecular complexity index is 1820. The smallest absolute Gasteiger partial charge is 0.227 e. The van der Waals surface area contributed by atoms with E-state index >= 15 is 0 Å². The zero-order chi connectivity index (χ0) is 25.6. The van der Waals surface area contributed by atoms with Gasteiger partial charge in [-0.05, 0) is 55.3 Å². The van der Waals surface area contributed by atoms with Crippen LogP contribution in [0.4, 0.5) is 10.1 Å². The van der Waals surface area contributed by atoms with Crippen LogP contribution in [0.15, 0.2) is 67.3 Å². The third-order valence-electron chi connectivity index (χ3n) is 6.97. The van der Waals surface area contributed by atoms with Gasteiger partial charge in [0.05, 0.1) is 40.5 Å². The molecule has 3 N–H and O–H groups in total. The average molecular weight is 505 g/mol. The zero-order valence-corrected chi connectivity index (χ0v) is 20.1. The van der Waals surface area contributed by atoms with Crippen molar-refractivity contribution < 1.29 is 9.18 Å². The summed E-state index contributed by atoms with van der Waals surface area (Å²) in [6, 6.07) is 11.8. The highest BCUT2D eigenvalue weighted by atomic mass is 19.1. The van der Waals surface area contributed by atoms with Crippen molar-refractivity contribution in [2.45, 2.75) is 19.3 Å². The van der Waals surface area contributed by atoms with E-state index in [1.807, 2.05) is 18.2 Å². The Morgan fingerprint density at radius 3 is 2.63 bits per heavy atom. The molecule has 1 aliphatic rings. The second-order valence-electron chi connectivity index (χ2n) is 9.41. The van der Waals surface area contributed by atoms with Crippen LogP contribution in [-0.4, -0.2) is 41.0 Å². The van der Waals surface area contributed by atoms with E-state index < -0.39 is 0 Å². The molecular weight excluding hydrogens is 483 g/mol. The molecule has 5 aromatic heterocycles. The number of H-pyrrole nitrogens is 2. The number of halogens is 1. The Balaban J connectivity index is 1.26. The van der Waals surface area contributed by atoms with Gasteiger partial charge in [-0.15, -0.1) is 0 Å². The van der Waals surface area contributed by atoms with E-state index in [-0.39, 0.29) is 17.6 Å². The summed E-state index contributed by atoms with van der Waals surface area (Å²) in [7, 11) is 0. The van der Waals surface area contributed by atoms with Gasteiger partial charge in [0.15, 0.2) is 5.82 Å². The molecule has 5 heterocycles. The summed E-state index contributed by atoms with van der Waals surface area (Å²) in [5.41, 5.74) is 6.37. The average Bonchev–Trinajstić information content (AvgIpc) is 3.52. The minimum absolute atomic E-state index is 0.0371. The van der Waals surface area contributed by atoms with E-state index in [2.05, 4.69) is 35.5 Å². The van der Waals surface area contributed by atoms with Crippen LogP contribution in [0.5, 0.6) is 0 Å². The van der Waals surface area contributed by atoms with E-state index in [4.69, 9.17) is 4.98 Å². The van der Waals surface area contributed by atoms with Gasteiger partial charge in [0.1, 0.15) is 17.0 Å². The molecule has 9 nitrogen and oxygen atoms in total. The number of hydrogen-bond acceptors (Lipinski definition) is 6. The molecule has 1 aliphatic carbocycles. The van der Waals surface area contributed by atoms with Gasteiger partial charge in [-0.25, -0.2) is 9.37 Å². The maximum Gasteiger partial charge on any atom is 0.227 e. The SMILES string of the molecule is O=C(Nc1cncc(-c2cc3c(-c4nc5c(-c6ccc(F)cc6)nccc5[nH]4)n[nH]c3cn2)c1)C1CCC1. The molecule has 0 atom stereocenters. The van der Waals surface area contributed by atoms with Crippen molar-refractivity contribution in [1.82, 2.24) is 35.1 Å². The molecule has 7 rings (SSSR count). The third kappa shape index (κ3) is 3.86. The van der Waals surface area contributed by atoms with Crippen molar-refractivity contribution >= 4 is 33.5 Å². The lowest BCUT2D eigenvalue weighted by Gasteiger charge is -2.24. The fourth-order valence-corrected chi connectivity index (χ4v) is 4.68. The quantitative estimate of drug-likeness (QED) is 0.285. The number of imidazole rings is 1. The second kappa shape index (κ2) is 8.84. The molecule has 0 unspecified atom stereocenters. The topological polar surface area (TPSA) is 125 Å². The highest BCUT2D eigenvalue weighted by Gasteiger charge is 2.25. The normalized spacial score (nSPS) is 13.6. The third-order valence-corrected chi connectivity index (χ3v) is 6.97. The Kier molecular flexibility index (Phi) is 5.17. The van der Waals surface area contributed by atoms with Crippen LogP contribution in [0.3, 0.4) is 0 Å². The molecule has 0 saturated heterocycles. The van der Waals surface area contributed by atoms with Crippen LogP contribution in [0.25, 0.3) is 56.0 Å². The van der Waals surface area contributed by atoms with E-state index in [0.29, 0.717) is 34.1 Å². The number of hydrogen-bond donors (Lipinski definition) is 3. The summed E-state index contributed by atoms with van der Waals surface area (Å²) in [6.45, 7) is 0. The van der Waals surface area contributed by atoms with Crippen LogP contribution < -0.4 is 5.32 Å². The minimum Gasteiger partial charge on any atom is -0.336 e. The molecule has 1 amide bonds. The molecule has 0 spiro atoms. The molecule has 186 valence electrons. The predicted molar refractivity (Wildman–Crippen MR) is 141 cm³/mol. The molecular formula is C28H21FN8O. The molecule has 0 aliphatic heterocycles. The first-order chi connectivity index (χ1) is 18.6. The van der Waals surface area contributed by atoms with Gasteiger partial charge in [-0.3, -0.25) is 24.8 Å². The van der Waals surface area contributed by atoms with Gasteiger partial charge in [-0.1, -0.05) is 6.42 Å². The fourth-order valence-electron chi connectivity index (χ4n) is 4.68. The molecule has 38 heavy (non-hydrogen) atoms. The second-order valence-corrected chi connectivity index (χ2v) is 9.41. The van der Waals surface area contributed by atoms with Crippen molar-refractivity contribution in [2.75, 3.05) is 5.32 Å². The van der Waals surface area contributed by atoms with Crippen LogP contribution in [0.1, 0.15) is 19.3 Å². The molecule has 0 radical (unpaired) electrons. The van der Waals surface area contributed by atoms with Crippen molar-refractivity contribution in [3.63, 3.8) is 0 Å². The maximum atomic E-state index is 13.5. The summed E-state index contributed by atoms with van der Waals surface area (Å²) in [4.78, 5) is 33.9. The van der Waals surface area contributed by atoms with Gasteiger partial charge >= 0.3 is 0 Å². The summed E-state index contributed by atoms with van der Waals surface area (Å²) in [5.74, 6) is 0.385. The van der Waals surface area contributed by atoms with E-state index in [1.165, 1.54) is 12.1 Å². The number of aromatic amines is 2. The monoisotopic (exact) mass is 504 g/mol. The van der Waals surface area contributed by atoms with Crippen molar-refractivity contribution in [1.29, 1.82) is 0 Å². The standard InChI is InChI=1S/C28H21FN8O/c29-18-6-4-15(5-7-18)24-26-21(8-9-31-24)34-27(35-26)25-20-11-22(32-14-23(20)36-37-25)17-10-19(13-30-12-17)33-28(38)16-2-1-3-16/h4-14,16H,1-3H2,(H,33,38)(H,34,35)(H,36,37). The number of aromatic nitrogens is 7. The van der Waals surface area contributed by atoms with Gasteiger partial charge in [0.25, 0.3) is 0 Å². The number of amides is 1. The van der Waals surface area contributed by atoms with E-state index in [9.17, 15) is 9.18 Å². The van der Waals surface area contributed by atoms with Gasteiger partial charge in [-0.2, -0.15) is 5.10 Å². The first kappa shape index (κ1) is 22.2. The van der Waals surface area contributed by atoms with E-state index in [0.717, 1.165) is 46.8 Å². The Morgan fingerprint density at radius 1 is 0.947 bits per heavy atom. The first-order valence-electron chi connectivity index (χ1n) is 12.3. The van der Waals surface area contributed by atoms with Crippen LogP contribution in [0, 0.1) is 11.7 Å². The maximum absolute atomic E-state index is 13.5. The summed E-state index contributed by atoms with van der Waals surface area (Å²) in [5, 5.41) is 11.3. The largest absolute Gasteiger partial charge is 0.336 e. The molecule has 1 aromatic carbocycles. The van der Waals surface area contributed by atoms with Crippen molar-refractivity contribution in [3.05, 3.63) is 73.1 Å². The Hall–Kier alpha value is -4.99. The summed E-state index contributed by atoms with van der Waals surface area (Å²) in [6.07, 6.45) is 9.74. The lowest BCUT2D eigenvalue weighted by atomic mass is 9.85. The highest BCUT2D eigenvalue weighted by molar-refractivity contribution is 5.97. The lowest BCUT2D eigenvalue weighted by molar-refractivity contribution is -0.122. The lowest BCUT2D eigenvalue weighted by Crippen LogP contribution is -2.28. The molecule has 10 heteroatoms. The van der Waals surface area contributed by atoms with Crippen LogP contribution in [-0.2, 0) is 4.79 Å². The summed E-state index contributed by atoms with van der Waals surface area (Å²) < 4.78 is 13.5. The van der Waals surface area contributed by atoms with Crippen molar-refractivity contribution in [3.8, 4) is 34.0 Å². The number of nitrogens with one attached hydrogen (secondary N) is 3. The highest BCUT2D eigenvalue weighted by Crippen LogP contribution is 2.32. The molecule has 1 fully saturated rings. The van der Waals surface area contributed by atoms with Gasteiger partial charge < -0.3 is 10.3 Å². The van der Waals surface area contributed by atoms with Crippen LogP contribution >= 0.6 is 0 Å². The molecule has 0 bridgehead atoms. The number of carbonyl (C=O) groups is 1. The summed E-state index contributed by atoms with van der Waals surface area (Å²) >= 11 is 0. The van der Waals surface area contributed by atoms with E-state index in [1.54, 1.807) is 36.9 Å².